The molecule has 1 aromatic rings. The summed E-state index contributed by atoms with van der Waals surface area (Å²) in [6.45, 7) is 9.30. The molecule has 0 radical (unpaired) electrons. The molecule has 0 saturated carbocycles. The van der Waals surface area contributed by atoms with E-state index in [4.69, 9.17) is 14.0 Å². The van der Waals surface area contributed by atoms with Crippen LogP contribution in [-0.2, 0) is 18.8 Å². The Morgan fingerprint density at radius 1 is 1.20 bits per heavy atom. The number of hydrogen-bond acceptors (Lipinski definition) is 4. The van der Waals surface area contributed by atoms with Crippen LogP contribution in [0.25, 0.3) is 0 Å². The molecule has 0 aliphatic carbocycles. The summed E-state index contributed by atoms with van der Waals surface area (Å²) in [6.07, 6.45) is -0.178. The first-order valence-electron chi connectivity index (χ1n) is 8.14. The minimum absolute atomic E-state index is 0.0116. The molecule has 1 unspecified atom stereocenters. The van der Waals surface area contributed by atoms with Gasteiger partial charge in [-0.05, 0) is 68.2 Å². The summed E-state index contributed by atoms with van der Waals surface area (Å²) in [6, 6.07) is 2.10. The van der Waals surface area contributed by atoms with Gasteiger partial charge in [0, 0.05) is 5.82 Å². The summed E-state index contributed by atoms with van der Waals surface area (Å²) in [5.41, 5.74) is -1.29. The number of carbonyl (C=O) groups excluding carboxylic acids is 1. The summed E-state index contributed by atoms with van der Waals surface area (Å²) in [5, 5.41) is 0. The summed E-state index contributed by atoms with van der Waals surface area (Å²) in [5.74, 6) is -2.62. The fraction of sp³-hybridized carbons (Fsp3) is 0.588. The zero-order chi connectivity index (χ0) is 19.0. The zero-order valence-corrected chi connectivity index (χ0v) is 16.6. The number of ether oxygens (including phenoxy) is 1. The van der Waals surface area contributed by atoms with Gasteiger partial charge < -0.3 is 14.0 Å². The predicted octanol–water partition coefficient (Wildman–Crippen LogP) is 4.40. The number of halogens is 3. The van der Waals surface area contributed by atoms with Crippen LogP contribution in [0.15, 0.2) is 16.6 Å². The molecular weight excluding hydrogens is 397 g/mol. The van der Waals surface area contributed by atoms with Crippen molar-refractivity contribution in [3.05, 3.63) is 33.8 Å². The molecule has 1 aliphatic heterocycles. The SMILES string of the molecule is CCOC(=O)CC(B1OC(C)(C)C(C)(C)O1)c1cc(F)c(Br)cc1F. The largest absolute Gasteiger partial charge is 0.466 e. The average Bonchev–Trinajstić information content (AvgIpc) is 2.69. The molecule has 1 atom stereocenters. The van der Waals surface area contributed by atoms with E-state index in [0.29, 0.717) is 0 Å². The Morgan fingerprint density at radius 3 is 2.28 bits per heavy atom. The Labute approximate surface area is 155 Å². The van der Waals surface area contributed by atoms with Crippen molar-refractivity contribution < 1.29 is 27.6 Å². The lowest BCUT2D eigenvalue weighted by Gasteiger charge is -2.32. The minimum Gasteiger partial charge on any atom is -0.466 e. The molecule has 8 heteroatoms. The lowest BCUT2D eigenvalue weighted by atomic mass is 9.66. The smallest absolute Gasteiger partial charge is 0.466 e. The van der Waals surface area contributed by atoms with Gasteiger partial charge in [0.05, 0.1) is 28.7 Å². The quantitative estimate of drug-likeness (QED) is 0.404. The number of carbonyl (C=O) groups is 1. The normalized spacial score (nSPS) is 19.8. The molecule has 0 bridgehead atoms. The molecule has 138 valence electrons. The van der Waals surface area contributed by atoms with Crippen LogP contribution in [0.4, 0.5) is 8.78 Å². The first kappa shape index (κ1) is 20.3. The number of hydrogen-bond donors (Lipinski definition) is 0. The molecular formula is C17H22BBrF2O4. The van der Waals surface area contributed by atoms with Gasteiger partial charge in [-0.15, -0.1) is 0 Å². The van der Waals surface area contributed by atoms with Crippen LogP contribution in [0.2, 0.25) is 0 Å². The molecule has 0 N–H and O–H groups in total. The third-order valence-electron chi connectivity index (χ3n) is 4.73. The third kappa shape index (κ3) is 4.23. The van der Waals surface area contributed by atoms with Crippen molar-refractivity contribution in [1.82, 2.24) is 0 Å². The lowest BCUT2D eigenvalue weighted by molar-refractivity contribution is -0.143. The van der Waals surface area contributed by atoms with Crippen molar-refractivity contribution >= 4 is 29.0 Å². The maximum absolute atomic E-state index is 14.5. The predicted molar refractivity (Wildman–Crippen MR) is 94.1 cm³/mol. The molecule has 1 fully saturated rings. The van der Waals surface area contributed by atoms with Crippen molar-refractivity contribution in [3.8, 4) is 0 Å². The molecule has 0 amide bonds. The summed E-state index contributed by atoms with van der Waals surface area (Å²) >= 11 is 2.96. The monoisotopic (exact) mass is 418 g/mol. The van der Waals surface area contributed by atoms with Crippen molar-refractivity contribution in [1.29, 1.82) is 0 Å². The van der Waals surface area contributed by atoms with E-state index in [1.807, 2.05) is 27.7 Å². The molecule has 0 aromatic heterocycles. The van der Waals surface area contributed by atoms with Crippen LogP contribution in [0.3, 0.4) is 0 Å². The molecule has 0 spiro atoms. The molecule has 1 heterocycles. The molecule has 1 saturated heterocycles. The van der Waals surface area contributed by atoms with E-state index in [1.54, 1.807) is 6.92 Å². The van der Waals surface area contributed by atoms with Crippen LogP contribution < -0.4 is 0 Å². The summed E-state index contributed by atoms with van der Waals surface area (Å²) in [4.78, 5) is 12.0. The Bertz CT molecular complexity index is 650. The highest BCUT2D eigenvalue weighted by Gasteiger charge is 2.54. The Kier molecular flexibility index (Phi) is 5.96. The molecule has 2 rings (SSSR count). The van der Waals surface area contributed by atoms with Crippen molar-refractivity contribution in [2.24, 2.45) is 0 Å². The van der Waals surface area contributed by atoms with Gasteiger partial charge in [-0.1, -0.05) is 0 Å². The van der Waals surface area contributed by atoms with E-state index in [-0.39, 0.29) is 23.1 Å². The van der Waals surface area contributed by atoms with Crippen molar-refractivity contribution in [2.45, 2.75) is 58.1 Å². The highest BCUT2D eigenvalue weighted by Crippen LogP contribution is 2.42. The number of benzene rings is 1. The topological polar surface area (TPSA) is 44.8 Å². The second-order valence-electron chi connectivity index (χ2n) is 7.03. The van der Waals surface area contributed by atoms with E-state index in [1.165, 1.54) is 0 Å². The highest BCUT2D eigenvalue weighted by atomic mass is 79.9. The standard InChI is InChI=1S/C17H22BBrF2O4/c1-6-23-15(22)8-11(10-7-14(21)12(19)9-13(10)20)18-24-16(2,3)17(4,5)25-18/h7,9,11H,6,8H2,1-5H3. The first-order valence-corrected chi connectivity index (χ1v) is 8.93. The van der Waals surface area contributed by atoms with E-state index in [2.05, 4.69) is 15.9 Å². The van der Waals surface area contributed by atoms with Crippen molar-refractivity contribution in [3.63, 3.8) is 0 Å². The van der Waals surface area contributed by atoms with E-state index in [0.717, 1.165) is 12.1 Å². The fourth-order valence-electron chi connectivity index (χ4n) is 2.63. The molecule has 4 nitrogen and oxygen atoms in total. The Morgan fingerprint density at radius 2 is 1.76 bits per heavy atom. The van der Waals surface area contributed by atoms with E-state index < -0.39 is 41.7 Å². The third-order valence-corrected chi connectivity index (χ3v) is 5.34. The van der Waals surface area contributed by atoms with Gasteiger partial charge in [0.1, 0.15) is 11.6 Å². The maximum atomic E-state index is 14.5. The van der Waals surface area contributed by atoms with Crippen LogP contribution in [0.1, 0.15) is 52.4 Å². The van der Waals surface area contributed by atoms with Gasteiger partial charge in [0.15, 0.2) is 0 Å². The fourth-order valence-corrected chi connectivity index (χ4v) is 2.94. The first-order chi connectivity index (χ1) is 11.5. The van der Waals surface area contributed by atoms with Gasteiger partial charge in [0.2, 0.25) is 0 Å². The van der Waals surface area contributed by atoms with Crippen molar-refractivity contribution in [2.75, 3.05) is 6.61 Å². The highest BCUT2D eigenvalue weighted by molar-refractivity contribution is 9.10. The van der Waals surface area contributed by atoms with Gasteiger partial charge in [-0.2, -0.15) is 0 Å². The van der Waals surface area contributed by atoms with Crippen LogP contribution in [0, 0.1) is 11.6 Å². The molecule has 1 aliphatic rings. The van der Waals surface area contributed by atoms with Crippen LogP contribution in [-0.4, -0.2) is 30.9 Å². The molecule has 25 heavy (non-hydrogen) atoms. The number of rotatable bonds is 5. The van der Waals surface area contributed by atoms with Gasteiger partial charge in [-0.3, -0.25) is 4.79 Å². The number of esters is 1. The lowest BCUT2D eigenvalue weighted by Crippen LogP contribution is -2.41. The maximum Gasteiger partial charge on any atom is 0.466 e. The minimum atomic E-state index is -0.899. The van der Waals surface area contributed by atoms with Crippen LogP contribution in [0.5, 0.6) is 0 Å². The van der Waals surface area contributed by atoms with E-state index >= 15 is 0 Å². The van der Waals surface area contributed by atoms with Gasteiger partial charge >= 0.3 is 13.1 Å². The summed E-state index contributed by atoms with van der Waals surface area (Å²) in [7, 11) is -0.899. The summed E-state index contributed by atoms with van der Waals surface area (Å²) < 4.78 is 45.4. The average molecular weight is 419 g/mol. The second-order valence-corrected chi connectivity index (χ2v) is 7.88. The zero-order valence-electron chi connectivity index (χ0n) is 15.0. The van der Waals surface area contributed by atoms with E-state index in [9.17, 15) is 13.6 Å². The van der Waals surface area contributed by atoms with Gasteiger partial charge in [0.25, 0.3) is 0 Å². The van der Waals surface area contributed by atoms with Gasteiger partial charge in [-0.25, -0.2) is 8.78 Å². The Balaban J connectivity index is 2.41. The molecule has 1 aromatic carbocycles. The second kappa shape index (κ2) is 7.33. The van der Waals surface area contributed by atoms with Crippen LogP contribution >= 0.6 is 15.9 Å². The Hall–Kier alpha value is -0.985.